The van der Waals surface area contributed by atoms with Gasteiger partial charge in [0.15, 0.2) is 0 Å². The van der Waals surface area contributed by atoms with Gasteiger partial charge in [-0.3, -0.25) is 0 Å². The van der Waals surface area contributed by atoms with Gasteiger partial charge in [0.2, 0.25) is 0 Å². The van der Waals surface area contributed by atoms with Crippen molar-refractivity contribution < 1.29 is 9.47 Å². The van der Waals surface area contributed by atoms with E-state index in [9.17, 15) is 0 Å². The van der Waals surface area contributed by atoms with Gasteiger partial charge in [0.05, 0.1) is 12.2 Å². The molecule has 0 aromatic rings. The Morgan fingerprint density at radius 3 is 2.41 bits per heavy atom. The van der Waals surface area contributed by atoms with Crippen molar-refractivity contribution in [3.63, 3.8) is 0 Å². The summed E-state index contributed by atoms with van der Waals surface area (Å²) >= 11 is 3.66. The normalized spacial score (nSPS) is 36.0. The van der Waals surface area contributed by atoms with E-state index in [4.69, 9.17) is 9.47 Å². The highest BCUT2D eigenvalue weighted by Gasteiger charge is 2.34. The average Bonchev–Trinajstić information content (AvgIpc) is 2.40. The quantitative estimate of drug-likeness (QED) is 0.736. The maximum atomic E-state index is 6.31. The monoisotopic (exact) mass is 304 g/mol. The van der Waals surface area contributed by atoms with Crippen LogP contribution in [0.2, 0.25) is 0 Å². The van der Waals surface area contributed by atoms with Crippen molar-refractivity contribution in [3.8, 4) is 0 Å². The predicted octanol–water partition coefficient (Wildman–Crippen LogP) is 3.77. The topological polar surface area (TPSA) is 18.5 Å². The van der Waals surface area contributed by atoms with Crippen molar-refractivity contribution in [2.24, 2.45) is 11.8 Å². The minimum Gasteiger partial charge on any atom is -0.381 e. The standard InChI is InChI=1S/C14H25BrO2/c1-12-2-6-14(11-15,7-3-12)17-10-13-4-8-16-9-5-13/h12-13H,2-11H2,1H3. The van der Waals surface area contributed by atoms with Crippen molar-refractivity contribution >= 4 is 15.9 Å². The Bertz CT molecular complexity index is 218. The van der Waals surface area contributed by atoms with Crippen LogP contribution in [0.15, 0.2) is 0 Å². The third-order valence-electron chi connectivity index (χ3n) is 4.40. The van der Waals surface area contributed by atoms with Crippen LogP contribution < -0.4 is 0 Å². The van der Waals surface area contributed by atoms with Crippen molar-refractivity contribution in [2.75, 3.05) is 25.2 Å². The van der Waals surface area contributed by atoms with Crippen LogP contribution in [0.4, 0.5) is 0 Å². The van der Waals surface area contributed by atoms with E-state index < -0.39 is 0 Å². The molecule has 2 aliphatic rings. The van der Waals surface area contributed by atoms with E-state index in [1.807, 2.05) is 0 Å². The summed E-state index contributed by atoms with van der Waals surface area (Å²) in [4.78, 5) is 0. The fraction of sp³-hybridized carbons (Fsp3) is 1.00. The fourth-order valence-corrected chi connectivity index (χ4v) is 3.54. The minimum absolute atomic E-state index is 0.130. The lowest BCUT2D eigenvalue weighted by atomic mass is 9.80. The molecule has 3 heteroatoms. The Hall–Kier alpha value is 0.400. The van der Waals surface area contributed by atoms with E-state index in [2.05, 4.69) is 22.9 Å². The number of halogens is 1. The minimum atomic E-state index is 0.130. The molecule has 2 rings (SSSR count). The molecule has 0 atom stereocenters. The van der Waals surface area contributed by atoms with Crippen LogP contribution in [0, 0.1) is 11.8 Å². The fourth-order valence-electron chi connectivity index (χ4n) is 2.81. The molecule has 0 bridgehead atoms. The van der Waals surface area contributed by atoms with Gasteiger partial charge in [-0.05, 0) is 50.4 Å². The molecule has 100 valence electrons. The molecule has 0 N–H and O–H groups in total. The molecule has 1 saturated carbocycles. The average molecular weight is 305 g/mol. The largest absolute Gasteiger partial charge is 0.381 e. The molecule has 1 heterocycles. The summed E-state index contributed by atoms with van der Waals surface area (Å²) in [6, 6.07) is 0. The smallest absolute Gasteiger partial charge is 0.0779 e. The van der Waals surface area contributed by atoms with Crippen LogP contribution >= 0.6 is 15.9 Å². The Morgan fingerprint density at radius 1 is 1.18 bits per heavy atom. The number of rotatable bonds is 4. The summed E-state index contributed by atoms with van der Waals surface area (Å²) < 4.78 is 11.7. The van der Waals surface area contributed by atoms with E-state index in [1.54, 1.807) is 0 Å². The number of ether oxygens (including phenoxy) is 2. The molecule has 0 radical (unpaired) electrons. The van der Waals surface area contributed by atoms with Gasteiger partial charge in [-0.1, -0.05) is 22.9 Å². The second-order valence-corrected chi connectivity index (χ2v) is 6.43. The van der Waals surface area contributed by atoms with Crippen LogP contribution in [0.25, 0.3) is 0 Å². The summed E-state index contributed by atoms with van der Waals surface area (Å²) in [6.45, 7) is 5.14. The molecule has 0 aromatic carbocycles. The van der Waals surface area contributed by atoms with E-state index in [0.717, 1.165) is 37.0 Å². The summed E-state index contributed by atoms with van der Waals surface area (Å²) in [5.74, 6) is 1.60. The van der Waals surface area contributed by atoms with Gasteiger partial charge in [0.1, 0.15) is 0 Å². The highest BCUT2D eigenvalue weighted by atomic mass is 79.9. The van der Waals surface area contributed by atoms with Crippen LogP contribution in [-0.2, 0) is 9.47 Å². The van der Waals surface area contributed by atoms with Crippen molar-refractivity contribution in [1.82, 2.24) is 0 Å². The highest BCUT2D eigenvalue weighted by molar-refractivity contribution is 9.09. The van der Waals surface area contributed by atoms with Crippen molar-refractivity contribution in [1.29, 1.82) is 0 Å². The summed E-state index contributed by atoms with van der Waals surface area (Å²) in [5, 5.41) is 0.996. The molecular formula is C14H25BrO2. The van der Waals surface area contributed by atoms with Crippen LogP contribution in [-0.4, -0.2) is 30.8 Å². The van der Waals surface area contributed by atoms with Crippen LogP contribution in [0.1, 0.15) is 45.4 Å². The van der Waals surface area contributed by atoms with Gasteiger partial charge < -0.3 is 9.47 Å². The zero-order chi connectivity index (χ0) is 12.1. The predicted molar refractivity (Wildman–Crippen MR) is 73.7 cm³/mol. The van der Waals surface area contributed by atoms with Crippen LogP contribution in [0.5, 0.6) is 0 Å². The Labute approximate surface area is 114 Å². The first-order valence-electron chi connectivity index (χ1n) is 7.02. The molecule has 1 aliphatic carbocycles. The Kier molecular flexibility index (Phi) is 5.31. The second-order valence-electron chi connectivity index (χ2n) is 5.87. The maximum absolute atomic E-state index is 6.31. The van der Waals surface area contributed by atoms with Gasteiger partial charge in [-0.15, -0.1) is 0 Å². The molecular weight excluding hydrogens is 280 g/mol. The lowest BCUT2D eigenvalue weighted by molar-refractivity contribution is -0.0847. The molecule has 1 aliphatic heterocycles. The summed E-state index contributed by atoms with van der Waals surface area (Å²) in [5.41, 5.74) is 0.130. The SMILES string of the molecule is CC1CCC(CBr)(OCC2CCOCC2)CC1. The Morgan fingerprint density at radius 2 is 1.82 bits per heavy atom. The zero-order valence-corrected chi connectivity index (χ0v) is 12.5. The number of alkyl halides is 1. The van der Waals surface area contributed by atoms with E-state index in [0.29, 0.717) is 0 Å². The lowest BCUT2D eigenvalue weighted by Gasteiger charge is -2.39. The lowest BCUT2D eigenvalue weighted by Crippen LogP contribution is -2.40. The van der Waals surface area contributed by atoms with Gasteiger partial charge in [-0.25, -0.2) is 0 Å². The highest BCUT2D eigenvalue weighted by Crippen LogP contribution is 2.36. The van der Waals surface area contributed by atoms with Gasteiger partial charge in [0.25, 0.3) is 0 Å². The molecule has 2 fully saturated rings. The molecule has 0 amide bonds. The molecule has 1 saturated heterocycles. The zero-order valence-electron chi connectivity index (χ0n) is 10.9. The molecule has 0 unspecified atom stereocenters. The second kappa shape index (κ2) is 6.53. The molecule has 0 aromatic heterocycles. The van der Waals surface area contributed by atoms with Crippen LogP contribution in [0.3, 0.4) is 0 Å². The third-order valence-corrected chi connectivity index (χ3v) is 5.42. The Balaban J connectivity index is 1.78. The summed E-state index contributed by atoms with van der Waals surface area (Å²) in [7, 11) is 0. The first-order chi connectivity index (χ1) is 8.24. The van der Waals surface area contributed by atoms with Gasteiger partial charge in [-0.2, -0.15) is 0 Å². The third kappa shape index (κ3) is 3.93. The number of hydrogen-bond donors (Lipinski definition) is 0. The van der Waals surface area contributed by atoms with Crippen molar-refractivity contribution in [2.45, 2.75) is 51.0 Å². The summed E-state index contributed by atoms with van der Waals surface area (Å²) in [6.07, 6.45) is 7.44. The van der Waals surface area contributed by atoms with Crippen molar-refractivity contribution in [3.05, 3.63) is 0 Å². The first-order valence-corrected chi connectivity index (χ1v) is 8.14. The van der Waals surface area contributed by atoms with E-state index in [-0.39, 0.29) is 5.60 Å². The maximum Gasteiger partial charge on any atom is 0.0779 e. The van der Waals surface area contributed by atoms with E-state index in [1.165, 1.54) is 38.5 Å². The molecule has 2 nitrogen and oxygen atoms in total. The van der Waals surface area contributed by atoms with Gasteiger partial charge in [0, 0.05) is 18.5 Å². The molecule has 0 spiro atoms. The molecule has 17 heavy (non-hydrogen) atoms. The van der Waals surface area contributed by atoms with E-state index >= 15 is 0 Å². The number of hydrogen-bond acceptors (Lipinski definition) is 2. The first kappa shape index (κ1) is 13.8. The van der Waals surface area contributed by atoms with Gasteiger partial charge >= 0.3 is 0 Å².